The van der Waals surface area contributed by atoms with E-state index in [2.05, 4.69) is 5.32 Å². The molecule has 1 aliphatic heterocycles. The Labute approximate surface area is 181 Å². The zero-order valence-electron chi connectivity index (χ0n) is 17.1. The van der Waals surface area contributed by atoms with Crippen molar-refractivity contribution in [2.75, 3.05) is 18.4 Å². The second-order valence-electron chi connectivity index (χ2n) is 8.40. The van der Waals surface area contributed by atoms with Crippen molar-refractivity contribution < 1.29 is 18.7 Å². The van der Waals surface area contributed by atoms with Crippen LogP contribution in [0.2, 0.25) is 5.02 Å². The number of anilines is 1. The van der Waals surface area contributed by atoms with Gasteiger partial charge in [-0.3, -0.25) is 9.59 Å². The molecule has 162 valence electrons. The van der Waals surface area contributed by atoms with Gasteiger partial charge in [0.1, 0.15) is 11.6 Å². The number of nitrogens with one attached hydrogen (secondary N) is 1. The van der Waals surface area contributed by atoms with Gasteiger partial charge in [-0.2, -0.15) is 0 Å². The third-order valence-corrected chi connectivity index (χ3v) is 6.55. The topological polar surface area (TPSA) is 58.6 Å². The van der Waals surface area contributed by atoms with Gasteiger partial charge < -0.3 is 15.0 Å². The normalized spacial score (nSPS) is 20.0. The molecule has 0 bridgehead atoms. The summed E-state index contributed by atoms with van der Waals surface area (Å²) in [7, 11) is 0. The van der Waals surface area contributed by atoms with Crippen molar-refractivity contribution >= 4 is 29.1 Å². The number of ether oxygens (including phenoxy) is 1. The van der Waals surface area contributed by atoms with Gasteiger partial charge in [0.2, 0.25) is 5.91 Å². The van der Waals surface area contributed by atoms with Crippen LogP contribution in [0.4, 0.5) is 10.1 Å². The summed E-state index contributed by atoms with van der Waals surface area (Å²) in [6.45, 7) is 1.48. The SMILES string of the molecule is O=C(Nc1cc(OC2CCCC2)c(Cl)cc1F)C1=C(C(=O)N2CCCC2)CCCC1. The molecular formula is C23H28ClFN2O3. The van der Waals surface area contributed by atoms with Crippen LogP contribution in [-0.2, 0) is 9.59 Å². The zero-order valence-corrected chi connectivity index (χ0v) is 17.9. The number of carbonyl (C=O) groups excluding carboxylic acids is 2. The van der Waals surface area contributed by atoms with Crippen LogP contribution in [-0.4, -0.2) is 35.9 Å². The summed E-state index contributed by atoms with van der Waals surface area (Å²) in [4.78, 5) is 27.7. The largest absolute Gasteiger partial charge is 0.489 e. The fraction of sp³-hybridized carbons (Fsp3) is 0.565. The first-order valence-electron chi connectivity index (χ1n) is 11.0. The molecule has 30 heavy (non-hydrogen) atoms. The van der Waals surface area contributed by atoms with Crippen LogP contribution in [0.5, 0.6) is 5.75 Å². The van der Waals surface area contributed by atoms with Crippen molar-refractivity contribution in [1.82, 2.24) is 4.90 Å². The lowest BCUT2D eigenvalue weighted by Crippen LogP contribution is -2.32. The maximum Gasteiger partial charge on any atom is 0.252 e. The second kappa shape index (κ2) is 9.38. The lowest BCUT2D eigenvalue weighted by atomic mass is 9.90. The fourth-order valence-corrected chi connectivity index (χ4v) is 4.80. The summed E-state index contributed by atoms with van der Waals surface area (Å²) >= 11 is 6.17. The molecule has 1 heterocycles. The molecule has 1 aromatic rings. The van der Waals surface area contributed by atoms with E-state index >= 15 is 0 Å². The average Bonchev–Trinajstić information content (AvgIpc) is 3.45. The Hall–Kier alpha value is -2.08. The summed E-state index contributed by atoms with van der Waals surface area (Å²) in [5.74, 6) is -0.688. The maximum atomic E-state index is 14.5. The number of benzene rings is 1. The third-order valence-electron chi connectivity index (χ3n) is 6.26. The van der Waals surface area contributed by atoms with Crippen LogP contribution in [0.15, 0.2) is 23.3 Å². The second-order valence-corrected chi connectivity index (χ2v) is 8.81. The molecule has 2 fully saturated rings. The Kier molecular flexibility index (Phi) is 6.61. The first-order valence-corrected chi connectivity index (χ1v) is 11.4. The summed E-state index contributed by atoms with van der Waals surface area (Å²) < 4.78 is 20.5. The molecule has 7 heteroatoms. The molecule has 0 aromatic heterocycles. The van der Waals surface area contributed by atoms with Crippen molar-refractivity contribution in [3.8, 4) is 5.75 Å². The van der Waals surface area contributed by atoms with Crippen LogP contribution in [0.3, 0.4) is 0 Å². The summed E-state index contributed by atoms with van der Waals surface area (Å²) in [6, 6.07) is 2.63. The lowest BCUT2D eigenvalue weighted by Gasteiger charge is -2.24. The number of amides is 2. The molecule has 2 amide bonds. The minimum absolute atomic E-state index is 0.0310. The highest BCUT2D eigenvalue weighted by atomic mass is 35.5. The summed E-state index contributed by atoms with van der Waals surface area (Å²) in [5.41, 5.74) is 1.09. The molecule has 0 spiro atoms. The van der Waals surface area contributed by atoms with Gasteiger partial charge in [-0.05, 0) is 70.3 Å². The highest BCUT2D eigenvalue weighted by Gasteiger charge is 2.29. The van der Waals surface area contributed by atoms with Crippen molar-refractivity contribution in [2.24, 2.45) is 0 Å². The Balaban J connectivity index is 1.54. The monoisotopic (exact) mass is 434 g/mol. The average molecular weight is 435 g/mol. The molecule has 3 aliphatic rings. The smallest absolute Gasteiger partial charge is 0.252 e. The van der Waals surface area contributed by atoms with E-state index in [1.165, 1.54) is 12.1 Å². The van der Waals surface area contributed by atoms with Gasteiger partial charge in [0.15, 0.2) is 0 Å². The van der Waals surface area contributed by atoms with Crippen LogP contribution in [0, 0.1) is 5.82 Å². The number of hydrogen-bond acceptors (Lipinski definition) is 3. The van der Waals surface area contributed by atoms with Gasteiger partial charge in [-0.25, -0.2) is 4.39 Å². The Morgan fingerprint density at radius 2 is 1.67 bits per heavy atom. The molecule has 4 rings (SSSR count). The molecule has 1 N–H and O–H groups in total. The number of carbonyl (C=O) groups is 2. The standard InChI is InChI=1S/C23H28ClFN2O3/c24-18-13-19(25)20(14-21(18)30-15-7-1-2-8-15)26-22(28)16-9-3-4-10-17(16)23(29)27-11-5-6-12-27/h13-15H,1-12H2,(H,26,28). The molecule has 1 saturated carbocycles. The minimum Gasteiger partial charge on any atom is -0.489 e. The molecule has 0 radical (unpaired) electrons. The molecular weight excluding hydrogens is 407 g/mol. The minimum atomic E-state index is -0.615. The van der Waals surface area contributed by atoms with E-state index in [0.29, 0.717) is 29.7 Å². The van der Waals surface area contributed by atoms with Crippen molar-refractivity contribution in [1.29, 1.82) is 0 Å². The van der Waals surface area contributed by atoms with Crippen molar-refractivity contribution in [2.45, 2.75) is 70.3 Å². The molecule has 2 aliphatic carbocycles. The van der Waals surface area contributed by atoms with E-state index in [0.717, 1.165) is 64.5 Å². The number of halogens is 2. The molecule has 0 unspecified atom stereocenters. The zero-order chi connectivity index (χ0) is 21.1. The van der Waals surface area contributed by atoms with Gasteiger partial charge in [-0.1, -0.05) is 11.6 Å². The van der Waals surface area contributed by atoms with Gasteiger partial charge in [0.25, 0.3) is 5.91 Å². The number of hydrogen-bond donors (Lipinski definition) is 1. The van der Waals surface area contributed by atoms with Gasteiger partial charge in [0, 0.05) is 30.3 Å². The van der Waals surface area contributed by atoms with E-state index in [-0.39, 0.29) is 22.7 Å². The molecule has 5 nitrogen and oxygen atoms in total. The quantitative estimate of drug-likeness (QED) is 0.690. The van der Waals surface area contributed by atoms with Crippen molar-refractivity contribution in [3.63, 3.8) is 0 Å². The Bertz CT molecular complexity index is 858. The van der Waals surface area contributed by atoms with Crippen LogP contribution < -0.4 is 10.1 Å². The van der Waals surface area contributed by atoms with E-state index in [4.69, 9.17) is 16.3 Å². The molecule has 1 saturated heterocycles. The van der Waals surface area contributed by atoms with Crippen LogP contribution in [0.25, 0.3) is 0 Å². The van der Waals surface area contributed by atoms with Crippen LogP contribution in [0.1, 0.15) is 64.2 Å². The number of likely N-dealkylation sites (tertiary alicyclic amines) is 1. The lowest BCUT2D eigenvalue weighted by molar-refractivity contribution is -0.127. The van der Waals surface area contributed by atoms with Crippen molar-refractivity contribution in [3.05, 3.63) is 34.1 Å². The highest BCUT2D eigenvalue weighted by molar-refractivity contribution is 6.32. The van der Waals surface area contributed by atoms with E-state index in [9.17, 15) is 14.0 Å². The van der Waals surface area contributed by atoms with Gasteiger partial charge in [0.05, 0.1) is 16.8 Å². The molecule has 1 aromatic carbocycles. The van der Waals surface area contributed by atoms with Gasteiger partial charge >= 0.3 is 0 Å². The van der Waals surface area contributed by atoms with E-state index in [1.807, 2.05) is 4.90 Å². The number of nitrogens with zero attached hydrogens (tertiary/aromatic N) is 1. The van der Waals surface area contributed by atoms with E-state index < -0.39 is 11.7 Å². The van der Waals surface area contributed by atoms with E-state index in [1.54, 1.807) is 0 Å². The van der Waals surface area contributed by atoms with Gasteiger partial charge in [-0.15, -0.1) is 0 Å². The third kappa shape index (κ3) is 4.64. The maximum absolute atomic E-state index is 14.5. The van der Waals surface area contributed by atoms with Crippen LogP contribution >= 0.6 is 11.6 Å². The predicted octanol–water partition coefficient (Wildman–Crippen LogP) is 5.23. The summed E-state index contributed by atoms with van der Waals surface area (Å²) in [6.07, 6.45) is 9.04. The fourth-order valence-electron chi connectivity index (χ4n) is 4.60. The first-order chi connectivity index (χ1) is 14.5. The number of rotatable bonds is 5. The molecule has 0 atom stereocenters. The summed E-state index contributed by atoms with van der Waals surface area (Å²) in [5, 5.41) is 2.86. The Morgan fingerprint density at radius 1 is 1.00 bits per heavy atom. The first kappa shape index (κ1) is 21.2. The predicted molar refractivity (Wildman–Crippen MR) is 114 cm³/mol. The Morgan fingerprint density at radius 3 is 2.37 bits per heavy atom. The highest BCUT2D eigenvalue weighted by Crippen LogP contribution is 2.35.